The number of aromatic nitrogens is 1. The highest BCUT2D eigenvalue weighted by molar-refractivity contribution is 7.14. The molecule has 2 aromatic carbocycles. The molecule has 3 rings (SSSR count). The van der Waals surface area contributed by atoms with Gasteiger partial charge in [-0.3, -0.25) is 5.43 Å². The zero-order chi connectivity index (χ0) is 16.9. The molecule has 0 radical (unpaired) electrons. The van der Waals surface area contributed by atoms with Crippen molar-refractivity contribution in [3.63, 3.8) is 0 Å². The molecule has 3 nitrogen and oxygen atoms in total. The Morgan fingerprint density at radius 1 is 1.08 bits per heavy atom. The van der Waals surface area contributed by atoms with Crippen LogP contribution in [0.25, 0.3) is 11.3 Å². The molecule has 0 aliphatic rings. The molecule has 24 heavy (non-hydrogen) atoms. The monoisotopic (exact) mass is 339 g/mol. The van der Waals surface area contributed by atoms with Crippen LogP contribution in [0.15, 0.2) is 59.0 Å². The third-order valence-electron chi connectivity index (χ3n) is 3.62. The minimum atomic E-state index is -0.250. The standard InChI is InChI=1S/C19H18FN3S/c1-13(2)15-5-3-14(4-6-15)11-21-23-19-22-18(12-24-19)16-7-9-17(20)10-8-16/h3-13H,1-2H3,(H,22,23). The van der Waals surface area contributed by atoms with Crippen LogP contribution in [0.3, 0.4) is 0 Å². The van der Waals surface area contributed by atoms with Crippen molar-refractivity contribution in [2.75, 3.05) is 5.43 Å². The van der Waals surface area contributed by atoms with Crippen LogP contribution in [0.5, 0.6) is 0 Å². The van der Waals surface area contributed by atoms with Gasteiger partial charge in [0.1, 0.15) is 5.82 Å². The summed E-state index contributed by atoms with van der Waals surface area (Å²) in [6.07, 6.45) is 1.77. The summed E-state index contributed by atoms with van der Waals surface area (Å²) in [4.78, 5) is 4.45. The Morgan fingerprint density at radius 3 is 2.46 bits per heavy atom. The number of nitrogens with one attached hydrogen (secondary N) is 1. The van der Waals surface area contributed by atoms with Crippen LogP contribution in [-0.4, -0.2) is 11.2 Å². The summed E-state index contributed by atoms with van der Waals surface area (Å²) in [5.41, 5.74) is 6.96. The molecule has 0 aliphatic heterocycles. The lowest BCUT2D eigenvalue weighted by atomic mass is 10.0. The minimum absolute atomic E-state index is 0.250. The summed E-state index contributed by atoms with van der Waals surface area (Å²) in [6, 6.07) is 14.6. The first-order chi connectivity index (χ1) is 11.6. The Hall–Kier alpha value is -2.53. The van der Waals surface area contributed by atoms with Crippen molar-refractivity contribution in [3.05, 3.63) is 70.9 Å². The summed E-state index contributed by atoms with van der Waals surface area (Å²) >= 11 is 1.46. The fourth-order valence-corrected chi connectivity index (χ4v) is 2.88. The lowest BCUT2D eigenvalue weighted by molar-refractivity contribution is 0.628. The van der Waals surface area contributed by atoms with E-state index in [0.717, 1.165) is 16.8 Å². The highest BCUT2D eigenvalue weighted by Crippen LogP contribution is 2.25. The largest absolute Gasteiger partial charge is 0.253 e. The van der Waals surface area contributed by atoms with Crippen LogP contribution in [0.1, 0.15) is 30.9 Å². The number of hydrazone groups is 1. The molecule has 0 spiro atoms. The van der Waals surface area contributed by atoms with Gasteiger partial charge in [-0.05, 0) is 41.3 Å². The van der Waals surface area contributed by atoms with Gasteiger partial charge in [0.15, 0.2) is 0 Å². The summed E-state index contributed by atoms with van der Waals surface area (Å²) in [7, 11) is 0. The zero-order valence-electron chi connectivity index (χ0n) is 13.5. The van der Waals surface area contributed by atoms with Crippen LogP contribution >= 0.6 is 11.3 Å². The zero-order valence-corrected chi connectivity index (χ0v) is 14.3. The molecule has 0 fully saturated rings. The maximum atomic E-state index is 13.0. The number of anilines is 1. The first-order valence-corrected chi connectivity index (χ1v) is 8.60. The van der Waals surface area contributed by atoms with Gasteiger partial charge in [-0.15, -0.1) is 11.3 Å². The number of benzene rings is 2. The van der Waals surface area contributed by atoms with Crippen LogP contribution in [0.4, 0.5) is 9.52 Å². The van der Waals surface area contributed by atoms with Gasteiger partial charge in [-0.1, -0.05) is 38.1 Å². The Morgan fingerprint density at radius 2 is 1.79 bits per heavy atom. The van der Waals surface area contributed by atoms with E-state index in [1.54, 1.807) is 18.3 Å². The van der Waals surface area contributed by atoms with Crippen molar-refractivity contribution >= 4 is 22.7 Å². The van der Waals surface area contributed by atoms with Crippen LogP contribution < -0.4 is 5.43 Å². The van der Waals surface area contributed by atoms with Crippen molar-refractivity contribution in [2.24, 2.45) is 5.10 Å². The van der Waals surface area contributed by atoms with Gasteiger partial charge in [0.05, 0.1) is 11.9 Å². The highest BCUT2D eigenvalue weighted by Gasteiger charge is 2.04. The number of thiazole rings is 1. The molecule has 0 saturated heterocycles. The first-order valence-electron chi connectivity index (χ1n) is 7.72. The predicted molar refractivity (Wildman–Crippen MR) is 99.3 cm³/mol. The van der Waals surface area contributed by atoms with E-state index in [0.29, 0.717) is 11.0 Å². The van der Waals surface area contributed by atoms with Gasteiger partial charge in [-0.2, -0.15) is 5.10 Å². The average Bonchev–Trinajstić information content (AvgIpc) is 3.05. The van der Waals surface area contributed by atoms with E-state index in [1.165, 1.54) is 29.0 Å². The Bertz CT molecular complexity index is 821. The summed E-state index contributed by atoms with van der Waals surface area (Å²) in [6.45, 7) is 4.34. The summed E-state index contributed by atoms with van der Waals surface area (Å²) < 4.78 is 13.0. The second kappa shape index (κ2) is 7.36. The maximum absolute atomic E-state index is 13.0. The molecular weight excluding hydrogens is 321 g/mol. The molecule has 0 amide bonds. The summed E-state index contributed by atoms with van der Waals surface area (Å²) in [5, 5.41) is 6.84. The molecule has 1 heterocycles. The highest BCUT2D eigenvalue weighted by atomic mass is 32.1. The molecule has 0 bridgehead atoms. The molecule has 0 saturated carbocycles. The van der Waals surface area contributed by atoms with E-state index in [1.807, 2.05) is 17.5 Å². The molecule has 5 heteroatoms. The molecular formula is C19H18FN3S. The van der Waals surface area contributed by atoms with Crippen molar-refractivity contribution in [3.8, 4) is 11.3 Å². The van der Waals surface area contributed by atoms with Gasteiger partial charge in [-0.25, -0.2) is 9.37 Å². The van der Waals surface area contributed by atoms with Gasteiger partial charge >= 0.3 is 0 Å². The molecule has 1 aromatic heterocycles. The molecule has 3 aromatic rings. The third kappa shape index (κ3) is 4.06. The van der Waals surface area contributed by atoms with Crippen molar-refractivity contribution in [1.29, 1.82) is 0 Å². The first kappa shape index (κ1) is 16.3. The third-order valence-corrected chi connectivity index (χ3v) is 4.37. The molecule has 0 unspecified atom stereocenters. The number of hydrogen-bond acceptors (Lipinski definition) is 4. The van der Waals surface area contributed by atoms with Gasteiger partial charge < -0.3 is 0 Å². The average molecular weight is 339 g/mol. The predicted octanol–water partition coefficient (Wildman–Crippen LogP) is 5.52. The Labute approximate surface area is 144 Å². The molecule has 0 atom stereocenters. The lowest BCUT2D eigenvalue weighted by Crippen LogP contribution is -1.91. The van der Waals surface area contributed by atoms with Gasteiger partial charge in [0, 0.05) is 10.9 Å². The molecule has 0 aliphatic carbocycles. The quantitative estimate of drug-likeness (QED) is 0.491. The van der Waals surface area contributed by atoms with Crippen molar-refractivity contribution in [2.45, 2.75) is 19.8 Å². The van der Waals surface area contributed by atoms with Gasteiger partial charge in [0.2, 0.25) is 5.13 Å². The van der Waals surface area contributed by atoms with E-state index in [4.69, 9.17) is 0 Å². The number of halogens is 1. The summed E-state index contributed by atoms with van der Waals surface area (Å²) in [5.74, 6) is 0.273. The van der Waals surface area contributed by atoms with Crippen molar-refractivity contribution in [1.82, 2.24) is 4.98 Å². The topological polar surface area (TPSA) is 37.3 Å². The fraction of sp³-hybridized carbons (Fsp3) is 0.158. The number of hydrogen-bond donors (Lipinski definition) is 1. The fourth-order valence-electron chi connectivity index (χ4n) is 2.21. The van der Waals surface area contributed by atoms with E-state index < -0.39 is 0 Å². The van der Waals surface area contributed by atoms with E-state index >= 15 is 0 Å². The van der Waals surface area contributed by atoms with Crippen molar-refractivity contribution < 1.29 is 4.39 Å². The van der Waals surface area contributed by atoms with Gasteiger partial charge in [0.25, 0.3) is 0 Å². The number of rotatable bonds is 5. The van der Waals surface area contributed by atoms with E-state index in [9.17, 15) is 4.39 Å². The normalized spacial score (nSPS) is 11.3. The SMILES string of the molecule is CC(C)c1ccc(C=NNc2nc(-c3ccc(F)cc3)cs2)cc1. The number of nitrogens with zero attached hydrogens (tertiary/aromatic N) is 2. The Kier molecular flexibility index (Phi) is 5.01. The second-order valence-corrected chi connectivity index (χ2v) is 6.59. The van der Waals surface area contributed by atoms with E-state index in [2.05, 4.69) is 41.5 Å². The second-order valence-electron chi connectivity index (χ2n) is 5.74. The van der Waals surface area contributed by atoms with Crippen LogP contribution in [-0.2, 0) is 0 Å². The lowest BCUT2D eigenvalue weighted by Gasteiger charge is -2.04. The minimum Gasteiger partial charge on any atom is -0.253 e. The maximum Gasteiger partial charge on any atom is 0.203 e. The van der Waals surface area contributed by atoms with Crippen LogP contribution in [0.2, 0.25) is 0 Å². The Balaban J connectivity index is 1.63. The van der Waals surface area contributed by atoms with Crippen LogP contribution in [0, 0.1) is 5.82 Å². The smallest absolute Gasteiger partial charge is 0.203 e. The molecule has 1 N–H and O–H groups in total. The molecule has 122 valence electrons. The van der Waals surface area contributed by atoms with E-state index in [-0.39, 0.29) is 5.82 Å².